The summed E-state index contributed by atoms with van der Waals surface area (Å²) < 4.78 is 5.34. The molecule has 1 aliphatic heterocycles. The Morgan fingerprint density at radius 1 is 1.07 bits per heavy atom. The first-order chi connectivity index (χ1) is 14.3. The first kappa shape index (κ1) is 19.6. The fourth-order valence-corrected chi connectivity index (χ4v) is 3.71. The molecule has 0 unspecified atom stereocenters. The molecule has 1 aliphatic rings. The maximum Gasteiger partial charge on any atom is 0.225 e. The molecule has 0 atom stereocenters. The van der Waals surface area contributed by atoms with E-state index in [9.17, 15) is 4.79 Å². The normalized spacial score (nSPS) is 14.9. The Hall–Kier alpha value is -2.67. The van der Waals surface area contributed by atoms with Crippen LogP contribution in [0.25, 0.3) is 10.9 Å². The molecule has 0 spiro atoms. The number of rotatable bonds is 8. The lowest BCUT2D eigenvalue weighted by molar-refractivity contribution is -0.116. The van der Waals surface area contributed by atoms with Gasteiger partial charge in [-0.05, 0) is 35.4 Å². The van der Waals surface area contributed by atoms with E-state index in [1.54, 1.807) is 0 Å². The van der Waals surface area contributed by atoms with Crippen LogP contribution in [0.4, 0.5) is 5.69 Å². The molecule has 6 nitrogen and oxygen atoms in total. The molecule has 6 heteroatoms. The second-order valence-electron chi connectivity index (χ2n) is 7.41. The Bertz CT molecular complexity index is 947. The van der Waals surface area contributed by atoms with Crippen molar-refractivity contribution in [2.45, 2.75) is 19.5 Å². The largest absolute Gasteiger partial charge is 0.379 e. The van der Waals surface area contributed by atoms with Crippen molar-refractivity contribution in [3.8, 4) is 0 Å². The zero-order valence-electron chi connectivity index (χ0n) is 16.6. The minimum atomic E-state index is 0.0562. The maximum atomic E-state index is 12.3. The van der Waals surface area contributed by atoms with E-state index < -0.39 is 0 Å². The van der Waals surface area contributed by atoms with E-state index in [0.29, 0.717) is 6.42 Å². The lowest BCUT2D eigenvalue weighted by Gasteiger charge is -2.26. The number of nitrogens with zero attached hydrogens (tertiary/aromatic N) is 1. The summed E-state index contributed by atoms with van der Waals surface area (Å²) in [6, 6.07) is 16.5. The van der Waals surface area contributed by atoms with E-state index in [4.69, 9.17) is 4.74 Å². The third kappa shape index (κ3) is 5.44. The van der Waals surface area contributed by atoms with Gasteiger partial charge in [0.05, 0.1) is 13.2 Å². The zero-order valence-corrected chi connectivity index (χ0v) is 16.6. The fraction of sp³-hybridized carbons (Fsp3) is 0.348. The van der Waals surface area contributed by atoms with Crippen molar-refractivity contribution >= 4 is 22.5 Å². The number of hydrogen-bond acceptors (Lipinski definition) is 4. The molecule has 1 saturated heterocycles. The molecule has 0 bridgehead atoms. The molecule has 2 aromatic carbocycles. The average molecular weight is 393 g/mol. The smallest absolute Gasteiger partial charge is 0.225 e. The lowest BCUT2D eigenvalue weighted by Crippen LogP contribution is -2.38. The quantitative estimate of drug-likeness (QED) is 0.551. The number of H-pyrrole nitrogens is 1. The molecule has 3 aromatic rings. The molecule has 29 heavy (non-hydrogen) atoms. The summed E-state index contributed by atoms with van der Waals surface area (Å²) in [6.45, 7) is 5.66. The van der Waals surface area contributed by atoms with Crippen molar-refractivity contribution in [1.82, 2.24) is 15.2 Å². The predicted octanol–water partition coefficient (Wildman–Crippen LogP) is 3.12. The van der Waals surface area contributed by atoms with Gasteiger partial charge in [-0.2, -0.15) is 0 Å². The summed E-state index contributed by atoms with van der Waals surface area (Å²) in [4.78, 5) is 17.8. The summed E-state index contributed by atoms with van der Waals surface area (Å²) in [5.41, 5.74) is 4.43. The van der Waals surface area contributed by atoms with Gasteiger partial charge >= 0.3 is 0 Å². The molecule has 1 amide bonds. The minimum absolute atomic E-state index is 0.0562. The Kier molecular flexibility index (Phi) is 6.56. The zero-order chi connectivity index (χ0) is 19.9. The third-order valence-corrected chi connectivity index (χ3v) is 5.30. The number of carbonyl (C=O) groups excluding carboxylic acids is 1. The van der Waals surface area contributed by atoms with E-state index in [1.807, 2.05) is 24.4 Å². The fourth-order valence-electron chi connectivity index (χ4n) is 3.71. The molecule has 4 rings (SSSR count). The van der Waals surface area contributed by atoms with Crippen molar-refractivity contribution in [1.29, 1.82) is 0 Å². The van der Waals surface area contributed by atoms with E-state index >= 15 is 0 Å². The average Bonchev–Trinajstić information content (AvgIpc) is 3.23. The van der Waals surface area contributed by atoms with Crippen LogP contribution in [0.1, 0.15) is 17.5 Å². The monoisotopic (exact) mass is 392 g/mol. The molecule has 1 aromatic heterocycles. The number of ether oxygens (including phenoxy) is 1. The summed E-state index contributed by atoms with van der Waals surface area (Å²) in [5, 5.41) is 7.78. The summed E-state index contributed by atoms with van der Waals surface area (Å²) in [5.74, 6) is 0.0562. The topological polar surface area (TPSA) is 69.4 Å². The highest BCUT2D eigenvalue weighted by Gasteiger charge is 2.12. The number of carbonyl (C=O) groups is 1. The van der Waals surface area contributed by atoms with Crippen LogP contribution in [-0.4, -0.2) is 48.6 Å². The number of fused-ring (bicyclic) bond motifs is 1. The Morgan fingerprint density at radius 3 is 2.83 bits per heavy atom. The third-order valence-electron chi connectivity index (χ3n) is 5.30. The van der Waals surface area contributed by atoms with Crippen LogP contribution in [0.2, 0.25) is 0 Å². The number of morpholine rings is 1. The van der Waals surface area contributed by atoms with Crippen molar-refractivity contribution < 1.29 is 9.53 Å². The van der Waals surface area contributed by atoms with Crippen molar-refractivity contribution in [2.75, 3.05) is 38.2 Å². The van der Waals surface area contributed by atoms with E-state index in [1.165, 1.54) is 10.9 Å². The van der Waals surface area contributed by atoms with Crippen LogP contribution in [0.5, 0.6) is 0 Å². The van der Waals surface area contributed by atoms with Gasteiger partial charge in [0.25, 0.3) is 0 Å². The molecule has 152 valence electrons. The summed E-state index contributed by atoms with van der Waals surface area (Å²) in [6.07, 6.45) is 2.47. The Labute approximate surface area is 171 Å². The van der Waals surface area contributed by atoms with Gasteiger partial charge in [-0.3, -0.25) is 9.69 Å². The van der Waals surface area contributed by atoms with E-state index in [-0.39, 0.29) is 5.91 Å². The summed E-state index contributed by atoms with van der Waals surface area (Å²) in [7, 11) is 0. The predicted molar refractivity (Wildman–Crippen MR) is 116 cm³/mol. The highest BCUT2D eigenvalue weighted by molar-refractivity contribution is 5.90. The molecule has 1 fully saturated rings. The highest BCUT2D eigenvalue weighted by Crippen LogP contribution is 2.17. The van der Waals surface area contributed by atoms with Crippen molar-refractivity contribution in [2.24, 2.45) is 0 Å². The van der Waals surface area contributed by atoms with E-state index in [2.05, 4.69) is 50.8 Å². The number of aromatic nitrogens is 1. The number of amides is 1. The Balaban J connectivity index is 1.26. The Morgan fingerprint density at radius 2 is 1.93 bits per heavy atom. The van der Waals surface area contributed by atoms with Gasteiger partial charge in [0, 0.05) is 61.9 Å². The standard InChI is InChI=1S/C23H28N4O2/c28-23(8-10-27-11-13-29-14-12-27)26-20-5-1-3-18(15-20)16-24-17-19-4-2-6-22-21(19)7-9-25-22/h1-7,9,15,24-25H,8,10-14,16-17H2,(H,26,28). The van der Waals surface area contributed by atoms with Crippen LogP contribution >= 0.6 is 0 Å². The number of anilines is 1. The van der Waals surface area contributed by atoms with Gasteiger partial charge in [0.1, 0.15) is 0 Å². The second kappa shape index (κ2) is 9.69. The molecular weight excluding hydrogens is 364 g/mol. The molecular formula is C23H28N4O2. The molecule has 0 aliphatic carbocycles. The van der Waals surface area contributed by atoms with Crippen LogP contribution in [0.3, 0.4) is 0 Å². The first-order valence-corrected chi connectivity index (χ1v) is 10.2. The van der Waals surface area contributed by atoms with Gasteiger partial charge in [-0.15, -0.1) is 0 Å². The number of benzene rings is 2. The van der Waals surface area contributed by atoms with Crippen LogP contribution in [0, 0.1) is 0 Å². The van der Waals surface area contributed by atoms with Gasteiger partial charge < -0.3 is 20.4 Å². The maximum absolute atomic E-state index is 12.3. The van der Waals surface area contributed by atoms with Gasteiger partial charge in [-0.25, -0.2) is 0 Å². The van der Waals surface area contributed by atoms with Crippen LogP contribution < -0.4 is 10.6 Å². The summed E-state index contributed by atoms with van der Waals surface area (Å²) >= 11 is 0. The van der Waals surface area contributed by atoms with Gasteiger partial charge in [0.2, 0.25) is 5.91 Å². The molecule has 0 saturated carbocycles. The van der Waals surface area contributed by atoms with Gasteiger partial charge in [-0.1, -0.05) is 24.3 Å². The van der Waals surface area contributed by atoms with Crippen molar-refractivity contribution in [3.63, 3.8) is 0 Å². The number of nitrogens with one attached hydrogen (secondary N) is 3. The SMILES string of the molecule is O=C(CCN1CCOCC1)Nc1cccc(CNCc2cccc3[nH]ccc23)c1. The second-order valence-corrected chi connectivity index (χ2v) is 7.41. The van der Waals surface area contributed by atoms with Crippen molar-refractivity contribution in [3.05, 3.63) is 65.9 Å². The first-order valence-electron chi connectivity index (χ1n) is 10.2. The minimum Gasteiger partial charge on any atom is -0.379 e. The molecule has 3 N–H and O–H groups in total. The highest BCUT2D eigenvalue weighted by atomic mass is 16.5. The van der Waals surface area contributed by atoms with Gasteiger partial charge in [0.15, 0.2) is 0 Å². The number of aromatic amines is 1. The molecule has 2 heterocycles. The van der Waals surface area contributed by atoms with E-state index in [0.717, 1.165) is 62.7 Å². The van der Waals surface area contributed by atoms with Crippen LogP contribution in [-0.2, 0) is 22.6 Å². The molecule has 0 radical (unpaired) electrons. The lowest BCUT2D eigenvalue weighted by atomic mass is 10.1. The van der Waals surface area contributed by atoms with Crippen LogP contribution in [0.15, 0.2) is 54.7 Å². The number of hydrogen-bond donors (Lipinski definition) is 3.